The lowest BCUT2D eigenvalue weighted by Crippen LogP contribution is -2.18. The molecule has 1 atom stereocenters. The Bertz CT molecular complexity index is 571. The van der Waals surface area contributed by atoms with Gasteiger partial charge in [-0.25, -0.2) is 0 Å². The first-order valence-corrected chi connectivity index (χ1v) is 17.7. The van der Waals surface area contributed by atoms with Crippen LogP contribution in [0.3, 0.4) is 0 Å². The van der Waals surface area contributed by atoms with Crippen molar-refractivity contribution >= 4 is 11.9 Å². The first-order valence-electron chi connectivity index (χ1n) is 17.7. The van der Waals surface area contributed by atoms with Gasteiger partial charge in [0.2, 0.25) is 0 Å². The Kier molecular flexibility index (Phi) is 31.1. The summed E-state index contributed by atoms with van der Waals surface area (Å²) < 4.78 is 5.96. The Morgan fingerprint density at radius 2 is 0.900 bits per heavy atom. The van der Waals surface area contributed by atoms with Crippen LogP contribution in [0, 0.1) is 0 Å². The van der Waals surface area contributed by atoms with Crippen molar-refractivity contribution in [1.82, 2.24) is 0 Å². The number of ether oxygens (including phenoxy) is 1. The topological polar surface area (TPSA) is 63.6 Å². The van der Waals surface area contributed by atoms with E-state index in [1.54, 1.807) is 0 Å². The maximum atomic E-state index is 12.5. The quantitative estimate of drug-likeness (QED) is 0.0501. The van der Waals surface area contributed by atoms with Crippen molar-refractivity contribution in [2.75, 3.05) is 0 Å². The van der Waals surface area contributed by atoms with E-state index in [4.69, 9.17) is 9.84 Å². The number of aliphatic carboxylic acids is 1. The van der Waals surface area contributed by atoms with Crippen LogP contribution in [0.4, 0.5) is 0 Å². The van der Waals surface area contributed by atoms with Crippen molar-refractivity contribution in [3.8, 4) is 0 Å². The van der Waals surface area contributed by atoms with Crippen LogP contribution in [0.25, 0.3) is 0 Å². The fraction of sp³-hybridized carbons (Fsp3) is 0.889. The maximum absolute atomic E-state index is 12.5. The fourth-order valence-electron chi connectivity index (χ4n) is 5.35. The summed E-state index contributed by atoms with van der Waals surface area (Å²) in [5.41, 5.74) is 0. The van der Waals surface area contributed by atoms with E-state index in [9.17, 15) is 9.59 Å². The third kappa shape index (κ3) is 31.2. The zero-order valence-corrected chi connectivity index (χ0v) is 26.9. The molecule has 0 saturated heterocycles. The zero-order valence-electron chi connectivity index (χ0n) is 26.9. The minimum atomic E-state index is -0.693. The van der Waals surface area contributed by atoms with Crippen LogP contribution in [-0.2, 0) is 14.3 Å². The summed E-state index contributed by atoms with van der Waals surface area (Å²) in [6.07, 6.45) is 38.0. The number of carboxylic acids is 1. The summed E-state index contributed by atoms with van der Waals surface area (Å²) in [7, 11) is 0. The van der Waals surface area contributed by atoms with E-state index in [2.05, 4.69) is 26.0 Å². The van der Waals surface area contributed by atoms with Crippen molar-refractivity contribution in [1.29, 1.82) is 0 Å². The maximum Gasteiger partial charge on any atom is 0.306 e. The lowest BCUT2D eigenvalue weighted by Gasteiger charge is -2.18. The predicted molar refractivity (Wildman–Crippen MR) is 172 cm³/mol. The second-order valence-electron chi connectivity index (χ2n) is 12.1. The highest BCUT2D eigenvalue weighted by molar-refractivity contribution is 5.69. The summed E-state index contributed by atoms with van der Waals surface area (Å²) in [5.74, 6) is -0.691. The lowest BCUT2D eigenvalue weighted by molar-refractivity contribution is -0.150. The highest BCUT2D eigenvalue weighted by Gasteiger charge is 2.14. The molecule has 1 unspecified atom stereocenters. The summed E-state index contributed by atoms with van der Waals surface area (Å²) in [6, 6.07) is 0. The predicted octanol–water partition coefficient (Wildman–Crippen LogP) is 11.9. The van der Waals surface area contributed by atoms with Crippen LogP contribution < -0.4 is 0 Å². The molecule has 1 N–H and O–H groups in total. The van der Waals surface area contributed by atoms with Gasteiger partial charge in [0.05, 0.1) is 0 Å². The number of hydrogen-bond acceptors (Lipinski definition) is 3. The summed E-state index contributed by atoms with van der Waals surface area (Å²) in [6.45, 7) is 4.52. The van der Waals surface area contributed by atoms with Crippen molar-refractivity contribution < 1.29 is 19.4 Å². The van der Waals surface area contributed by atoms with E-state index in [0.717, 1.165) is 70.6 Å². The number of unbranched alkanes of at least 4 members (excludes halogenated alkanes) is 21. The molecule has 0 fully saturated rings. The molecule has 0 saturated carbocycles. The van der Waals surface area contributed by atoms with Gasteiger partial charge in [0, 0.05) is 12.8 Å². The lowest BCUT2D eigenvalue weighted by atomic mass is 10.0. The molecule has 4 heteroatoms. The molecule has 0 aliphatic heterocycles. The molecule has 0 bridgehead atoms. The number of hydrogen-bond donors (Lipinski definition) is 1. The number of rotatable bonds is 32. The van der Waals surface area contributed by atoms with Crippen LogP contribution >= 0.6 is 0 Å². The molecule has 40 heavy (non-hydrogen) atoms. The van der Waals surface area contributed by atoms with E-state index in [-0.39, 0.29) is 18.5 Å². The van der Waals surface area contributed by atoms with E-state index in [1.165, 1.54) is 103 Å². The molecule has 0 aliphatic carbocycles. The van der Waals surface area contributed by atoms with Gasteiger partial charge in [-0.2, -0.15) is 0 Å². The molecule has 0 aromatic rings. The summed E-state index contributed by atoms with van der Waals surface area (Å²) in [5, 5.41) is 8.74. The normalized spacial score (nSPS) is 12.2. The number of carbonyl (C=O) groups is 2. The molecule has 0 radical (unpaired) electrons. The van der Waals surface area contributed by atoms with Gasteiger partial charge in [-0.1, -0.05) is 135 Å². The van der Waals surface area contributed by atoms with Crippen molar-refractivity contribution in [3.05, 3.63) is 12.2 Å². The first-order chi connectivity index (χ1) is 19.6. The van der Waals surface area contributed by atoms with Crippen molar-refractivity contribution in [3.63, 3.8) is 0 Å². The van der Waals surface area contributed by atoms with Crippen molar-refractivity contribution in [2.24, 2.45) is 0 Å². The monoisotopic (exact) mass is 565 g/mol. The van der Waals surface area contributed by atoms with Crippen molar-refractivity contribution in [2.45, 2.75) is 206 Å². The Labute approximate surface area is 249 Å². The first kappa shape index (κ1) is 38.7. The van der Waals surface area contributed by atoms with Gasteiger partial charge in [0.15, 0.2) is 0 Å². The molecule has 0 aliphatic rings. The van der Waals surface area contributed by atoms with Crippen LogP contribution in [-0.4, -0.2) is 23.1 Å². The fourth-order valence-corrected chi connectivity index (χ4v) is 5.35. The number of allylic oxidation sites excluding steroid dienone is 2. The van der Waals surface area contributed by atoms with Crippen LogP contribution in [0.15, 0.2) is 12.2 Å². The Hall–Kier alpha value is -1.32. The third-order valence-corrected chi connectivity index (χ3v) is 7.99. The zero-order chi connectivity index (χ0) is 29.4. The number of carbonyl (C=O) groups excluding carboxylic acids is 1. The third-order valence-electron chi connectivity index (χ3n) is 7.99. The second-order valence-corrected chi connectivity index (χ2v) is 12.1. The molecule has 0 rings (SSSR count). The summed E-state index contributed by atoms with van der Waals surface area (Å²) >= 11 is 0. The van der Waals surface area contributed by atoms with Gasteiger partial charge in [-0.15, -0.1) is 0 Å². The van der Waals surface area contributed by atoms with E-state index < -0.39 is 5.97 Å². The van der Waals surface area contributed by atoms with Gasteiger partial charge in [0.25, 0.3) is 0 Å². The van der Waals surface area contributed by atoms with E-state index >= 15 is 0 Å². The Morgan fingerprint density at radius 1 is 0.525 bits per heavy atom. The number of esters is 1. The molecule has 4 nitrogen and oxygen atoms in total. The van der Waals surface area contributed by atoms with Crippen LogP contribution in [0.5, 0.6) is 0 Å². The molecule has 0 aromatic heterocycles. The smallest absolute Gasteiger partial charge is 0.306 e. The Balaban J connectivity index is 3.93. The molecule has 236 valence electrons. The second kappa shape index (κ2) is 32.2. The molecule has 0 amide bonds. The molecular formula is C36H68O4. The van der Waals surface area contributed by atoms with Gasteiger partial charge >= 0.3 is 11.9 Å². The number of carboxylic acid groups (broad SMARTS) is 1. The van der Waals surface area contributed by atoms with E-state index in [1.807, 2.05) is 0 Å². The average Bonchev–Trinajstić information content (AvgIpc) is 2.93. The Morgan fingerprint density at radius 3 is 1.35 bits per heavy atom. The SMILES string of the molecule is CCCCCCCCC=CCCCCCCCC(=O)OC(CCCCCCCC)CCCCCCCCC(=O)O. The van der Waals surface area contributed by atoms with E-state index in [0.29, 0.717) is 6.42 Å². The summed E-state index contributed by atoms with van der Waals surface area (Å²) in [4.78, 5) is 23.2. The molecule has 0 spiro atoms. The highest BCUT2D eigenvalue weighted by Crippen LogP contribution is 2.18. The van der Waals surface area contributed by atoms with Gasteiger partial charge < -0.3 is 9.84 Å². The molecular weight excluding hydrogens is 496 g/mol. The van der Waals surface area contributed by atoms with Gasteiger partial charge in [-0.3, -0.25) is 9.59 Å². The molecule has 0 aromatic carbocycles. The highest BCUT2D eigenvalue weighted by atomic mass is 16.5. The van der Waals surface area contributed by atoms with Gasteiger partial charge in [0.1, 0.15) is 6.10 Å². The van der Waals surface area contributed by atoms with Crippen LogP contribution in [0.2, 0.25) is 0 Å². The molecule has 0 heterocycles. The van der Waals surface area contributed by atoms with Crippen LogP contribution in [0.1, 0.15) is 200 Å². The minimum absolute atomic E-state index is 0.00211. The van der Waals surface area contributed by atoms with Gasteiger partial charge in [-0.05, 0) is 64.2 Å². The standard InChI is InChI=1S/C36H68O4/c1-3-5-7-9-11-12-13-14-15-16-17-18-19-25-29-33-36(39)40-34(30-26-22-10-8-6-4-2)31-27-23-20-21-24-28-32-35(37)38/h14-15,34H,3-13,16-33H2,1-2H3,(H,37,38). The minimum Gasteiger partial charge on any atom is -0.481 e. The largest absolute Gasteiger partial charge is 0.481 e. The average molecular weight is 565 g/mol.